The van der Waals surface area contributed by atoms with Crippen LogP contribution in [0.15, 0.2) is 48.5 Å². The van der Waals surface area contributed by atoms with Crippen LogP contribution < -0.4 is 20.9 Å². The smallest absolute Gasteiger partial charge is 0.276 e. The number of rotatable bonds is 7. The van der Waals surface area contributed by atoms with E-state index in [0.29, 0.717) is 11.3 Å². The molecule has 3 N–H and O–H groups in total. The minimum absolute atomic E-state index is 0.0251. The molecule has 0 heterocycles. The number of hydrogen-bond donors (Lipinski definition) is 3. The molecule has 8 nitrogen and oxygen atoms in total. The molecule has 32 heavy (non-hydrogen) atoms. The molecular formula is C24H26N4O4. The van der Waals surface area contributed by atoms with Crippen molar-refractivity contribution in [1.29, 1.82) is 5.26 Å². The Balaban J connectivity index is 1.35. The average Bonchev–Trinajstić information content (AvgIpc) is 2.85. The Kier molecular flexibility index (Phi) is 8.21. The molecule has 3 amide bonds. The Labute approximate surface area is 186 Å². The summed E-state index contributed by atoms with van der Waals surface area (Å²) in [6.45, 7) is -0.460. The number of hydrazine groups is 1. The van der Waals surface area contributed by atoms with Crippen LogP contribution in [0.4, 0.5) is 0 Å². The lowest BCUT2D eigenvalue weighted by Crippen LogP contribution is -2.48. The molecule has 2 aromatic rings. The number of nitrogens with zero attached hydrogens (tertiary/aromatic N) is 1. The number of hydrogen-bond acceptors (Lipinski definition) is 5. The molecular weight excluding hydrogens is 408 g/mol. The summed E-state index contributed by atoms with van der Waals surface area (Å²) in [7, 11) is 0. The lowest BCUT2D eigenvalue weighted by atomic mass is 9.89. The third-order valence-corrected chi connectivity index (χ3v) is 5.31. The first-order valence-corrected chi connectivity index (χ1v) is 10.6. The number of benzene rings is 2. The van der Waals surface area contributed by atoms with E-state index in [1.54, 1.807) is 24.3 Å². The van der Waals surface area contributed by atoms with Gasteiger partial charge in [0.2, 0.25) is 5.91 Å². The Morgan fingerprint density at radius 3 is 2.09 bits per heavy atom. The maximum absolute atomic E-state index is 12.0. The number of nitrogens with one attached hydrogen (secondary N) is 3. The van der Waals surface area contributed by atoms with Crippen LogP contribution in [0.1, 0.15) is 37.7 Å². The largest absolute Gasteiger partial charge is 0.484 e. The van der Waals surface area contributed by atoms with Crippen molar-refractivity contribution in [3.63, 3.8) is 0 Å². The van der Waals surface area contributed by atoms with Crippen molar-refractivity contribution in [3.8, 4) is 22.9 Å². The maximum Gasteiger partial charge on any atom is 0.276 e. The fourth-order valence-corrected chi connectivity index (χ4v) is 3.53. The molecule has 0 aliphatic heterocycles. The van der Waals surface area contributed by atoms with Crippen molar-refractivity contribution < 1.29 is 19.1 Å². The highest BCUT2D eigenvalue weighted by molar-refractivity contribution is 5.87. The summed E-state index contributed by atoms with van der Waals surface area (Å²) in [6, 6.07) is 16.5. The zero-order valence-corrected chi connectivity index (χ0v) is 17.7. The van der Waals surface area contributed by atoms with Crippen molar-refractivity contribution in [3.05, 3.63) is 54.1 Å². The molecule has 3 rings (SSSR count). The van der Waals surface area contributed by atoms with E-state index >= 15 is 0 Å². The van der Waals surface area contributed by atoms with Gasteiger partial charge in [-0.15, -0.1) is 0 Å². The van der Waals surface area contributed by atoms with Gasteiger partial charge in [-0.1, -0.05) is 43.5 Å². The molecule has 2 aromatic carbocycles. The Bertz CT molecular complexity index is 975. The summed E-state index contributed by atoms with van der Waals surface area (Å²) in [6.07, 6.45) is 4.95. The Morgan fingerprint density at radius 1 is 0.875 bits per heavy atom. The van der Waals surface area contributed by atoms with E-state index < -0.39 is 11.8 Å². The van der Waals surface area contributed by atoms with E-state index in [2.05, 4.69) is 22.2 Å². The highest BCUT2D eigenvalue weighted by Gasteiger charge is 2.21. The van der Waals surface area contributed by atoms with Gasteiger partial charge in [-0.25, -0.2) is 0 Å². The van der Waals surface area contributed by atoms with Crippen LogP contribution in [0.3, 0.4) is 0 Å². The van der Waals surface area contributed by atoms with E-state index in [-0.39, 0.29) is 25.0 Å². The van der Waals surface area contributed by atoms with Gasteiger partial charge in [0.25, 0.3) is 11.8 Å². The molecule has 0 spiro atoms. The lowest BCUT2D eigenvalue weighted by Gasteiger charge is -2.20. The second-order valence-corrected chi connectivity index (χ2v) is 7.65. The van der Waals surface area contributed by atoms with Gasteiger partial charge in [0.1, 0.15) is 5.75 Å². The predicted molar refractivity (Wildman–Crippen MR) is 118 cm³/mol. The third-order valence-electron chi connectivity index (χ3n) is 5.31. The van der Waals surface area contributed by atoms with E-state index in [4.69, 9.17) is 10.00 Å². The number of amides is 3. The van der Waals surface area contributed by atoms with Gasteiger partial charge < -0.3 is 10.1 Å². The molecule has 1 saturated carbocycles. The summed E-state index contributed by atoms with van der Waals surface area (Å²) in [4.78, 5) is 35.7. The first kappa shape index (κ1) is 22.8. The van der Waals surface area contributed by atoms with Gasteiger partial charge in [0.15, 0.2) is 6.61 Å². The number of carbonyl (C=O) groups is 3. The standard InChI is InChI=1S/C24H26N4O4/c25-14-17-6-8-18(9-7-17)19-10-12-21(13-11-19)32-16-23(30)28-27-22(29)15-26-24(31)20-4-2-1-3-5-20/h6-13,20H,1-5,15-16H2,(H,26,31)(H,27,29)(H,28,30). The van der Waals surface area contributed by atoms with Crippen LogP contribution in [0.2, 0.25) is 0 Å². The quantitative estimate of drug-likeness (QED) is 0.578. The van der Waals surface area contributed by atoms with Crippen LogP contribution in [-0.2, 0) is 14.4 Å². The van der Waals surface area contributed by atoms with E-state index in [0.717, 1.165) is 43.2 Å². The monoisotopic (exact) mass is 434 g/mol. The van der Waals surface area contributed by atoms with E-state index in [9.17, 15) is 14.4 Å². The normalized spacial score (nSPS) is 13.5. The van der Waals surface area contributed by atoms with Crippen LogP contribution in [-0.4, -0.2) is 30.9 Å². The Morgan fingerprint density at radius 2 is 1.47 bits per heavy atom. The van der Waals surface area contributed by atoms with E-state index in [1.165, 1.54) is 0 Å². The minimum atomic E-state index is -0.520. The molecule has 1 aliphatic carbocycles. The van der Waals surface area contributed by atoms with Crippen LogP contribution >= 0.6 is 0 Å². The molecule has 0 radical (unpaired) electrons. The van der Waals surface area contributed by atoms with Gasteiger partial charge in [-0.3, -0.25) is 25.2 Å². The van der Waals surface area contributed by atoms with Crippen molar-refractivity contribution in [2.24, 2.45) is 5.92 Å². The van der Waals surface area contributed by atoms with Gasteiger partial charge in [-0.05, 0) is 48.2 Å². The first-order chi connectivity index (χ1) is 15.5. The van der Waals surface area contributed by atoms with Gasteiger partial charge in [0.05, 0.1) is 18.2 Å². The molecule has 0 aromatic heterocycles. The fourth-order valence-electron chi connectivity index (χ4n) is 3.53. The first-order valence-electron chi connectivity index (χ1n) is 10.6. The van der Waals surface area contributed by atoms with Gasteiger partial charge in [-0.2, -0.15) is 5.26 Å². The number of carbonyl (C=O) groups excluding carboxylic acids is 3. The molecule has 8 heteroatoms. The SMILES string of the molecule is N#Cc1ccc(-c2ccc(OCC(=O)NNC(=O)CNC(=O)C3CCCCC3)cc2)cc1. The minimum Gasteiger partial charge on any atom is -0.484 e. The molecule has 1 fully saturated rings. The van der Waals surface area contributed by atoms with Crippen molar-refractivity contribution in [2.75, 3.05) is 13.2 Å². The highest BCUT2D eigenvalue weighted by atomic mass is 16.5. The van der Waals surface area contributed by atoms with Gasteiger partial charge >= 0.3 is 0 Å². The summed E-state index contributed by atoms with van der Waals surface area (Å²) >= 11 is 0. The zero-order chi connectivity index (χ0) is 22.8. The van der Waals surface area contributed by atoms with Crippen LogP contribution in [0.25, 0.3) is 11.1 Å². The van der Waals surface area contributed by atoms with Crippen LogP contribution in [0, 0.1) is 17.2 Å². The van der Waals surface area contributed by atoms with E-state index in [1.807, 2.05) is 24.3 Å². The third kappa shape index (κ3) is 6.84. The summed E-state index contributed by atoms with van der Waals surface area (Å²) in [5.41, 5.74) is 7.04. The highest BCUT2D eigenvalue weighted by Crippen LogP contribution is 2.24. The fraction of sp³-hybridized carbons (Fsp3) is 0.333. The predicted octanol–water partition coefficient (Wildman–Crippen LogP) is 2.45. The van der Waals surface area contributed by atoms with Gasteiger partial charge in [0, 0.05) is 5.92 Å². The molecule has 0 atom stereocenters. The lowest BCUT2D eigenvalue weighted by molar-refractivity contribution is -0.131. The van der Waals surface area contributed by atoms with Crippen molar-refractivity contribution >= 4 is 17.7 Å². The second-order valence-electron chi connectivity index (χ2n) is 7.65. The Hall–Kier alpha value is -3.86. The molecule has 166 valence electrons. The maximum atomic E-state index is 12.0. The van der Waals surface area contributed by atoms with Crippen molar-refractivity contribution in [2.45, 2.75) is 32.1 Å². The molecule has 0 bridgehead atoms. The number of ether oxygens (including phenoxy) is 1. The zero-order valence-electron chi connectivity index (χ0n) is 17.7. The second kappa shape index (κ2) is 11.5. The number of nitriles is 1. The summed E-state index contributed by atoms with van der Waals surface area (Å²) in [5, 5.41) is 11.5. The average molecular weight is 434 g/mol. The summed E-state index contributed by atoms with van der Waals surface area (Å²) in [5.74, 6) is -0.659. The van der Waals surface area contributed by atoms with Crippen LogP contribution in [0.5, 0.6) is 5.75 Å². The topological polar surface area (TPSA) is 120 Å². The molecule has 0 unspecified atom stereocenters. The molecule has 0 saturated heterocycles. The summed E-state index contributed by atoms with van der Waals surface area (Å²) < 4.78 is 5.43. The molecule has 1 aliphatic rings. The van der Waals surface area contributed by atoms with Crippen molar-refractivity contribution in [1.82, 2.24) is 16.2 Å².